The monoisotopic (exact) mass is 315 g/mol. The number of imide groups is 1. The number of hydrogen-bond acceptors (Lipinski definition) is 4. The predicted octanol–water partition coefficient (Wildman–Crippen LogP) is 2.20. The highest BCUT2D eigenvalue weighted by Crippen LogP contribution is 2.33. The molecule has 6 heteroatoms. The molecule has 5 nitrogen and oxygen atoms in total. The van der Waals surface area contributed by atoms with Crippen molar-refractivity contribution in [3.05, 3.63) is 59.2 Å². The number of sulfone groups is 1. The summed E-state index contributed by atoms with van der Waals surface area (Å²) in [5, 5.41) is 0. The molecule has 0 bridgehead atoms. The van der Waals surface area contributed by atoms with Crippen molar-refractivity contribution in [2.75, 3.05) is 11.2 Å². The maximum Gasteiger partial charge on any atom is 0.266 e. The van der Waals surface area contributed by atoms with Crippen LogP contribution in [-0.4, -0.2) is 26.5 Å². The van der Waals surface area contributed by atoms with Crippen molar-refractivity contribution < 1.29 is 18.0 Å². The van der Waals surface area contributed by atoms with Gasteiger partial charge in [0.25, 0.3) is 11.8 Å². The Bertz CT molecular complexity index is 880. The lowest BCUT2D eigenvalue weighted by molar-refractivity contribution is 0.0925. The quantitative estimate of drug-likeness (QED) is 0.797. The first-order valence-corrected chi connectivity index (χ1v) is 8.48. The third-order valence-corrected chi connectivity index (χ3v) is 4.68. The minimum Gasteiger partial charge on any atom is -0.268 e. The molecule has 0 aromatic heterocycles. The number of anilines is 1. The molecule has 0 spiro atoms. The topological polar surface area (TPSA) is 71.5 Å². The van der Waals surface area contributed by atoms with E-state index in [1.54, 1.807) is 37.3 Å². The largest absolute Gasteiger partial charge is 0.268 e. The van der Waals surface area contributed by atoms with Crippen LogP contribution in [0.4, 0.5) is 5.69 Å². The number of carbonyl (C=O) groups is 2. The second-order valence-corrected chi connectivity index (χ2v) is 7.22. The fraction of sp³-hybridized carbons (Fsp3) is 0.125. The number of amides is 2. The maximum atomic E-state index is 12.5. The van der Waals surface area contributed by atoms with Crippen molar-refractivity contribution in [2.45, 2.75) is 11.8 Å². The van der Waals surface area contributed by atoms with Crippen LogP contribution in [0.1, 0.15) is 26.3 Å². The van der Waals surface area contributed by atoms with E-state index in [-0.39, 0.29) is 21.7 Å². The summed E-state index contributed by atoms with van der Waals surface area (Å²) in [6.45, 7) is 1.75. The molecule has 2 aromatic carbocycles. The molecule has 0 N–H and O–H groups in total. The van der Waals surface area contributed by atoms with Gasteiger partial charge in [0, 0.05) is 6.26 Å². The second-order valence-electron chi connectivity index (χ2n) is 5.23. The van der Waals surface area contributed by atoms with Crippen LogP contribution in [0, 0.1) is 6.92 Å². The number of rotatable bonds is 2. The molecule has 112 valence electrons. The summed E-state index contributed by atoms with van der Waals surface area (Å²) >= 11 is 0. The number of carbonyl (C=O) groups excluding carboxylic acids is 2. The van der Waals surface area contributed by atoms with Gasteiger partial charge in [-0.05, 0) is 36.8 Å². The fourth-order valence-electron chi connectivity index (χ4n) is 2.51. The highest BCUT2D eigenvalue weighted by atomic mass is 32.2. The lowest BCUT2D eigenvalue weighted by Gasteiger charge is -2.17. The van der Waals surface area contributed by atoms with E-state index in [2.05, 4.69) is 0 Å². The zero-order valence-corrected chi connectivity index (χ0v) is 12.8. The number of aryl methyl sites for hydroxylation is 1. The van der Waals surface area contributed by atoms with Crippen molar-refractivity contribution in [2.24, 2.45) is 0 Å². The Balaban J connectivity index is 2.23. The third kappa shape index (κ3) is 2.12. The summed E-state index contributed by atoms with van der Waals surface area (Å²) in [5.74, 6) is -1.01. The van der Waals surface area contributed by atoms with Crippen molar-refractivity contribution in [1.29, 1.82) is 0 Å². The van der Waals surface area contributed by atoms with E-state index in [0.717, 1.165) is 16.7 Å². The van der Waals surface area contributed by atoms with Crippen molar-refractivity contribution in [3.8, 4) is 0 Å². The van der Waals surface area contributed by atoms with Crippen LogP contribution in [0.15, 0.2) is 47.4 Å². The average Bonchev–Trinajstić information content (AvgIpc) is 2.71. The molecule has 0 saturated carbocycles. The van der Waals surface area contributed by atoms with Crippen molar-refractivity contribution in [1.82, 2.24) is 0 Å². The molecule has 0 saturated heterocycles. The SMILES string of the molecule is Cc1ccc(N2C(=O)c3ccccc3C2=O)c(S(C)(=O)=O)c1. The first-order valence-electron chi connectivity index (χ1n) is 6.59. The lowest BCUT2D eigenvalue weighted by atomic mass is 10.1. The molecule has 2 aromatic rings. The number of hydrogen-bond donors (Lipinski definition) is 0. The minimum absolute atomic E-state index is 0.0259. The van der Waals surface area contributed by atoms with Gasteiger partial charge in [-0.15, -0.1) is 0 Å². The normalized spacial score (nSPS) is 14.4. The molecule has 3 rings (SSSR count). The standard InChI is InChI=1S/C16H13NO4S/c1-10-7-8-13(14(9-10)22(2,20)21)17-15(18)11-5-3-4-6-12(11)16(17)19/h3-9H,1-2H3. The Hall–Kier alpha value is -2.47. The van der Waals surface area contributed by atoms with Gasteiger partial charge in [0.2, 0.25) is 0 Å². The third-order valence-electron chi connectivity index (χ3n) is 3.55. The van der Waals surface area contributed by atoms with Gasteiger partial charge in [-0.25, -0.2) is 13.3 Å². The number of fused-ring (bicyclic) bond motifs is 1. The van der Waals surface area contributed by atoms with Gasteiger partial charge in [0.05, 0.1) is 21.7 Å². The van der Waals surface area contributed by atoms with Crippen molar-refractivity contribution in [3.63, 3.8) is 0 Å². The zero-order chi connectivity index (χ0) is 16.1. The van der Waals surface area contributed by atoms with E-state index in [1.165, 1.54) is 12.1 Å². The first-order chi connectivity index (χ1) is 10.3. The second kappa shape index (κ2) is 4.78. The van der Waals surface area contributed by atoms with E-state index in [1.807, 2.05) is 0 Å². The molecule has 1 aliphatic heterocycles. The Labute approximate surface area is 128 Å². The van der Waals surface area contributed by atoms with Gasteiger partial charge in [-0.2, -0.15) is 0 Å². The van der Waals surface area contributed by atoms with Crippen LogP contribution in [0.25, 0.3) is 0 Å². The average molecular weight is 315 g/mol. The van der Waals surface area contributed by atoms with Crippen LogP contribution >= 0.6 is 0 Å². The van der Waals surface area contributed by atoms with Crippen molar-refractivity contribution >= 4 is 27.3 Å². The first kappa shape index (κ1) is 14.5. The summed E-state index contributed by atoms with van der Waals surface area (Å²) in [6.07, 6.45) is 1.06. The summed E-state index contributed by atoms with van der Waals surface area (Å²) < 4.78 is 24.0. The van der Waals surface area contributed by atoms with E-state index < -0.39 is 21.7 Å². The molecular weight excluding hydrogens is 302 g/mol. The Morgan fingerprint density at radius 1 is 0.909 bits per heavy atom. The zero-order valence-electron chi connectivity index (χ0n) is 12.0. The van der Waals surface area contributed by atoms with E-state index in [0.29, 0.717) is 0 Å². The van der Waals surface area contributed by atoms with E-state index in [4.69, 9.17) is 0 Å². The van der Waals surface area contributed by atoms with Crippen LogP contribution in [0.3, 0.4) is 0 Å². The van der Waals surface area contributed by atoms with Crippen LogP contribution in [-0.2, 0) is 9.84 Å². The minimum atomic E-state index is -3.57. The Morgan fingerprint density at radius 3 is 1.95 bits per heavy atom. The number of nitrogens with zero attached hydrogens (tertiary/aromatic N) is 1. The van der Waals surface area contributed by atoms with E-state index in [9.17, 15) is 18.0 Å². The van der Waals surface area contributed by atoms with Gasteiger partial charge in [0.15, 0.2) is 9.84 Å². The summed E-state index contributed by atoms with van der Waals surface area (Å²) in [5.41, 5.74) is 1.40. The molecule has 0 aliphatic carbocycles. The highest BCUT2D eigenvalue weighted by Gasteiger charge is 2.38. The molecule has 22 heavy (non-hydrogen) atoms. The van der Waals surface area contributed by atoms with Gasteiger partial charge >= 0.3 is 0 Å². The van der Waals surface area contributed by atoms with E-state index >= 15 is 0 Å². The molecule has 2 amide bonds. The summed E-state index contributed by atoms with van der Waals surface area (Å²) in [4.78, 5) is 25.9. The smallest absolute Gasteiger partial charge is 0.266 e. The van der Waals surface area contributed by atoms with Crippen LogP contribution < -0.4 is 4.90 Å². The highest BCUT2D eigenvalue weighted by molar-refractivity contribution is 7.90. The molecule has 1 aliphatic rings. The van der Waals surface area contributed by atoms with Crippen LogP contribution in [0.5, 0.6) is 0 Å². The van der Waals surface area contributed by atoms with Gasteiger partial charge in [0.1, 0.15) is 0 Å². The lowest BCUT2D eigenvalue weighted by Crippen LogP contribution is -2.30. The molecule has 0 atom stereocenters. The van der Waals surface area contributed by atoms with Gasteiger partial charge in [-0.1, -0.05) is 18.2 Å². The molecular formula is C16H13NO4S. The fourth-order valence-corrected chi connectivity index (χ4v) is 3.45. The summed E-state index contributed by atoms with van der Waals surface area (Å²) in [6, 6.07) is 11.1. The maximum absolute atomic E-state index is 12.5. The van der Waals surface area contributed by atoms with Crippen LogP contribution in [0.2, 0.25) is 0 Å². The molecule has 0 fully saturated rings. The van der Waals surface area contributed by atoms with Gasteiger partial charge < -0.3 is 0 Å². The summed E-state index contributed by atoms with van der Waals surface area (Å²) in [7, 11) is -3.57. The van der Waals surface area contributed by atoms with Gasteiger partial charge in [-0.3, -0.25) is 9.59 Å². The predicted molar refractivity (Wildman–Crippen MR) is 81.9 cm³/mol. The molecule has 1 heterocycles. The molecule has 0 unspecified atom stereocenters. The molecule has 0 radical (unpaired) electrons. The Morgan fingerprint density at radius 2 is 1.45 bits per heavy atom. The number of benzene rings is 2. The Kier molecular flexibility index (Phi) is 3.14.